The van der Waals surface area contributed by atoms with Crippen LogP contribution in [0.3, 0.4) is 0 Å². The number of amides is 1. The van der Waals surface area contributed by atoms with Gasteiger partial charge in [0.25, 0.3) is 5.91 Å². The third-order valence-electron chi connectivity index (χ3n) is 4.00. The second-order valence-electron chi connectivity index (χ2n) is 5.13. The molecule has 0 spiro atoms. The van der Waals surface area contributed by atoms with Gasteiger partial charge in [-0.3, -0.25) is 4.79 Å². The molecule has 1 N–H and O–H groups in total. The Morgan fingerprint density at radius 1 is 1.53 bits per heavy atom. The molecule has 4 nitrogen and oxygen atoms in total. The van der Waals surface area contributed by atoms with E-state index < -0.39 is 0 Å². The van der Waals surface area contributed by atoms with Crippen molar-refractivity contribution in [2.24, 2.45) is 5.92 Å². The number of fused-ring (bicyclic) bond motifs is 3. The highest BCUT2D eigenvalue weighted by atomic mass is 35.5. The average molecular weight is 296 g/mol. The van der Waals surface area contributed by atoms with Crippen molar-refractivity contribution in [3.8, 4) is 6.07 Å². The lowest BCUT2D eigenvalue weighted by Crippen LogP contribution is -2.57. The molecule has 1 aromatic heterocycles. The minimum Gasteiger partial charge on any atom is -0.347 e. The van der Waals surface area contributed by atoms with Gasteiger partial charge in [-0.15, -0.1) is 11.3 Å². The number of rotatable bonds is 2. The molecule has 1 aromatic rings. The van der Waals surface area contributed by atoms with Crippen LogP contribution in [0.5, 0.6) is 0 Å². The van der Waals surface area contributed by atoms with Gasteiger partial charge in [0.15, 0.2) is 0 Å². The molecular formula is C13H14ClN3OS. The second kappa shape index (κ2) is 5.12. The summed E-state index contributed by atoms with van der Waals surface area (Å²) in [6.07, 6.45) is 2.33. The van der Waals surface area contributed by atoms with Crippen LogP contribution in [0.2, 0.25) is 4.34 Å². The molecule has 3 aliphatic rings. The fourth-order valence-corrected chi connectivity index (χ4v) is 4.01. The predicted octanol–water partition coefficient (Wildman–Crippen LogP) is 2.10. The van der Waals surface area contributed by atoms with Crippen molar-refractivity contribution in [1.82, 2.24) is 10.2 Å². The summed E-state index contributed by atoms with van der Waals surface area (Å²) in [6.45, 7) is 3.25. The summed E-state index contributed by atoms with van der Waals surface area (Å²) in [4.78, 5) is 15.1. The van der Waals surface area contributed by atoms with Gasteiger partial charge in [0.2, 0.25) is 0 Å². The maximum absolute atomic E-state index is 12.2. The first-order valence-corrected chi connectivity index (χ1v) is 7.59. The summed E-state index contributed by atoms with van der Waals surface area (Å²) < 4.78 is 0.390. The molecule has 1 atom stereocenters. The number of nitriles is 1. The topological polar surface area (TPSA) is 56.1 Å². The Morgan fingerprint density at radius 3 is 2.79 bits per heavy atom. The molecule has 0 aromatic carbocycles. The first-order chi connectivity index (χ1) is 9.17. The molecule has 4 rings (SSSR count). The van der Waals surface area contributed by atoms with E-state index in [4.69, 9.17) is 16.9 Å². The van der Waals surface area contributed by atoms with Gasteiger partial charge < -0.3 is 10.2 Å². The zero-order valence-electron chi connectivity index (χ0n) is 10.4. The average Bonchev–Trinajstić information content (AvgIpc) is 2.81. The van der Waals surface area contributed by atoms with Gasteiger partial charge in [-0.2, -0.15) is 5.26 Å². The maximum Gasteiger partial charge on any atom is 0.261 e. The zero-order chi connectivity index (χ0) is 13.4. The van der Waals surface area contributed by atoms with Crippen molar-refractivity contribution in [1.29, 1.82) is 5.26 Å². The van der Waals surface area contributed by atoms with Crippen molar-refractivity contribution in [3.63, 3.8) is 0 Å². The fourth-order valence-electron chi connectivity index (χ4n) is 2.93. The molecule has 1 amide bonds. The summed E-state index contributed by atoms with van der Waals surface area (Å²) >= 11 is 7.08. The molecule has 0 saturated carbocycles. The number of nitrogens with zero attached hydrogens (tertiary/aromatic N) is 2. The number of halogens is 1. The van der Waals surface area contributed by atoms with Crippen LogP contribution < -0.4 is 5.32 Å². The molecule has 1 unspecified atom stereocenters. The van der Waals surface area contributed by atoms with E-state index in [0.29, 0.717) is 20.7 Å². The van der Waals surface area contributed by atoms with E-state index in [1.54, 1.807) is 6.07 Å². The largest absolute Gasteiger partial charge is 0.347 e. The summed E-state index contributed by atoms with van der Waals surface area (Å²) in [5.41, 5.74) is 0.380. The van der Waals surface area contributed by atoms with Crippen LogP contribution in [0.4, 0.5) is 0 Å². The van der Waals surface area contributed by atoms with Crippen LogP contribution >= 0.6 is 22.9 Å². The lowest BCUT2D eigenvalue weighted by molar-refractivity contribution is 0.0622. The first kappa shape index (κ1) is 12.9. The molecule has 6 heteroatoms. The van der Waals surface area contributed by atoms with Gasteiger partial charge in [-0.05, 0) is 37.9 Å². The van der Waals surface area contributed by atoms with Crippen LogP contribution in [0, 0.1) is 17.2 Å². The predicted molar refractivity (Wildman–Crippen MR) is 74.5 cm³/mol. The number of hydrogen-bond acceptors (Lipinski definition) is 4. The molecule has 3 aliphatic heterocycles. The highest BCUT2D eigenvalue weighted by Gasteiger charge is 2.35. The van der Waals surface area contributed by atoms with Crippen LogP contribution in [-0.2, 0) is 0 Å². The fraction of sp³-hybridized carbons (Fsp3) is 0.538. The molecule has 2 bridgehead atoms. The number of nitrogens with one attached hydrogen (secondary N) is 1. The van der Waals surface area contributed by atoms with Gasteiger partial charge in [0, 0.05) is 12.6 Å². The SMILES string of the molecule is N#Cc1cc(C(=O)NC2CN3CCC2CC3)sc1Cl. The van der Waals surface area contributed by atoms with E-state index >= 15 is 0 Å². The number of carbonyl (C=O) groups is 1. The summed E-state index contributed by atoms with van der Waals surface area (Å²) in [5, 5.41) is 11.9. The molecular weight excluding hydrogens is 282 g/mol. The Hall–Kier alpha value is -1.09. The Kier molecular flexibility index (Phi) is 3.48. The highest BCUT2D eigenvalue weighted by molar-refractivity contribution is 7.18. The third kappa shape index (κ3) is 2.48. The van der Waals surface area contributed by atoms with E-state index in [9.17, 15) is 4.79 Å². The van der Waals surface area contributed by atoms with Gasteiger partial charge in [0.05, 0.1) is 10.4 Å². The maximum atomic E-state index is 12.2. The second-order valence-corrected chi connectivity index (χ2v) is 6.78. The third-order valence-corrected chi connectivity index (χ3v) is 5.36. The van der Waals surface area contributed by atoms with E-state index in [-0.39, 0.29) is 11.9 Å². The highest BCUT2D eigenvalue weighted by Crippen LogP contribution is 2.29. The van der Waals surface area contributed by atoms with Gasteiger partial charge in [-0.1, -0.05) is 11.6 Å². The molecule has 3 fully saturated rings. The Bertz CT molecular complexity index is 543. The number of carbonyl (C=O) groups excluding carboxylic acids is 1. The Balaban J connectivity index is 1.69. The van der Waals surface area contributed by atoms with Gasteiger partial charge >= 0.3 is 0 Å². The number of thiophene rings is 1. The standard InChI is InChI=1S/C13H14ClN3OS/c14-12-9(6-15)5-11(19-12)13(18)16-10-7-17-3-1-8(10)2-4-17/h5,8,10H,1-4,7H2,(H,16,18). The van der Waals surface area contributed by atoms with Crippen molar-refractivity contribution in [2.45, 2.75) is 18.9 Å². The molecule has 0 aliphatic carbocycles. The Labute approximate surface area is 121 Å². The van der Waals surface area contributed by atoms with E-state index in [1.165, 1.54) is 24.2 Å². The molecule has 100 valence electrons. The monoisotopic (exact) mass is 295 g/mol. The Morgan fingerprint density at radius 2 is 2.26 bits per heavy atom. The zero-order valence-corrected chi connectivity index (χ0v) is 11.9. The lowest BCUT2D eigenvalue weighted by atomic mass is 9.84. The minimum atomic E-state index is -0.104. The van der Waals surface area contributed by atoms with Crippen LogP contribution in [0.25, 0.3) is 0 Å². The van der Waals surface area contributed by atoms with E-state index in [1.807, 2.05) is 6.07 Å². The summed E-state index contributed by atoms with van der Waals surface area (Å²) in [7, 11) is 0. The summed E-state index contributed by atoms with van der Waals surface area (Å²) in [6, 6.07) is 3.80. The van der Waals surface area contributed by atoms with Crippen LogP contribution in [0.15, 0.2) is 6.07 Å². The summed E-state index contributed by atoms with van der Waals surface area (Å²) in [5.74, 6) is 0.493. The normalized spacial score (nSPS) is 28.9. The van der Waals surface area contributed by atoms with Gasteiger partial charge in [0.1, 0.15) is 10.4 Å². The first-order valence-electron chi connectivity index (χ1n) is 6.40. The number of piperidine rings is 3. The van der Waals surface area contributed by atoms with Crippen LogP contribution in [-0.4, -0.2) is 36.5 Å². The lowest BCUT2D eigenvalue weighted by Gasteiger charge is -2.44. The van der Waals surface area contributed by atoms with Crippen molar-refractivity contribution < 1.29 is 4.79 Å². The molecule has 19 heavy (non-hydrogen) atoms. The molecule has 0 radical (unpaired) electrons. The molecule has 4 heterocycles. The molecule has 3 saturated heterocycles. The van der Waals surface area contributed by atoms with E-state index in [0.717, 1.165) is 19.6 Å². The number of hydrogen-bond donors (Lipinski definition) is 1. The van der Waals surface area contributed by atoms with Crippen molar-refractivity contribution in [3.05, 3.63) is 20.8 Å². The van der Waals surface area contributed by atoms with Gasteiger partial charge in [-0.25, -0.2) is 0 Å². The van der Waals surface area contributed by atoms with Crippen molar-refractivity contribution in [2.75, 3.05) is 19.6 Å². The quantitative estimate of drug-likeness (QED) is 0.909. The van der Waals surface area contributed by atoms with E-state index in [2.05, 4.69) is 10.2 Å². The smallest absolute Gasteiger partial charge is 0.261 e. The van der Waals surface area contributed by atoms with Crippen molar-refractivity contribution >= 4 is 28.8 Å². The van der Waals surface area contributed by atoms with Crippen LogP contribution in [0.1, 0.15) is 28.1 Å². The minimum absolute atomic E-state index is 0.104.